The van der Waals surface area contributed by atoms with Crippen LogP contribution in [0.2, 0.25) is 0 Å². The average Bonchev–Trinajstić information content (AvgIpc) is 3.53. The summed E-state index contributed by atoms with van der Waals surface area (Å²) in [6.07, 6.45) is 1.87. The number of amides is 1. The van der Waals surface area contributed by atoms with Crippen LogP contribution in [0.3, 0.4) is 0 Å². The predicted molar refractivity (Wildman–Crippen MR) is 130 cm³/mol. The number of nitrogens with zero attached hydrogens (tertiary/aromatic N) is 1. The number of benzene rings is 3. The molecule has 3 aliphatic rings. The molecule has 0 aliphatic carbocycles. The molecule has 1 unspecified atom stereocenters. The Hall–Kier alpha value is -3.51. The van der Waals surface area contributed by atoms with Crippen LogP contribution < -0.4 is 24.4 Å². The average molecular weight is 457 g/mol. The smallest absolute Gasteiger partial charge is 0.245 e. The van der Waals surface area contributed by atoms with Crippen molar-refractivity contribution >= 4 is 11.6 Å². The number of rotatable bonds is 7. The summed E-state index contributed by atoms with van der Waals surface area (Å²) in [6.45, 7) is 5.04. The van der Waals surface area contributed by atoms with Gasteiger partial charge in [0, 0.05) is 23.9 Å². The summed E-state index contributed by atoms with van der Waals surface area (Å²) < 4.78 is 17.2. The first kappa shape index (κ1) is 21.1. The number of hydrogen-bond acceptors (Lipinski definition) is 5. The SMILES string of the molecule is Cc1ccc(CCNCCCN2C(=O)C3(COc4cc5c(cc43)OCO5)c3ccccc32)cc1. The third kappa shape index (κ3) is 3.32. The second-order valence-electron chi connectivity index (χ2n) is 9.21. The molecule has 0 bridgehead atoms. The molecule has 1 atom stereocenters. The maximum absolute atomic E-state index is 13.9. The van der Waals surface area contributed by atoms with Crippen molar-refractivity contribution in [1.82, 2.24) is 5.32 Å². The van der Waals surface area contributed by atoms with Gasteiger partial charge < -0.3 is 24.4 Å². The van der Waals surface area contributed by atoms with Crippen LogP contribution >= 0.6 is 0 Å². The number of hydrogen-bond donors (Lipinski definition) is 1. The molecule has 6 heteroatoms. The topological polar surface area (TPSA) is 60.0 Å². The first-order valence-corrected chi connectivity index (χ1v) is 11.9. The maximum atomic E-state index is 13.9. The molecule has 0 aromatic heterocycles. The Kier molecular flexibility index (Phi) is 5.18. The van der Waals surface area contributed by atoms with Gasteiger partial charge in [-0.1, -0.05) is 48.0 Å². The van der Waals surface area contributed by atoms with E-state index < -0.39 is 5.41 Å². The van der Waals surface area contributed by atoms with Crippen LogP contribution in [0.25, 0.3) is 0 Å². The summed E-state index contributed by atoms with van der Waals surface area (Å²) >= 11 is 0. The zero-order valence-corrected chi connectivity index (χ0v) is 19.3. The van der Waals surface area contributed by atoms with Crippen molar-refractivity contribution < 1.29 is 19.0 Å². The summed E-state index contributed by atoms with van der Waals surface area (Å²) in [6, 6.07) is 20.5. The predicted octanol–water partition coefficient (Wildman–Crippen LogP) is 3.97. The number of fused-ring (bicyclic) bond motifs is 5. The van der Waals surface area contributed by atoms with Crippen LogP contribution in [0.4, 0.5) is 5.69 Å². The lowest BCUT2D eigenvalue weighted by atomic mass is 9.77. The van der Waals surface area contributed by atoms with Crippen molar-refractivity contribution in [3.8, 4) is 17.2 Å². The molecule has 3 aromatic carbocycles. The van der Waals surface area contributed by atoms with Gasteiger partial charge in [-0.3, -0.25) is 4.79 Å². The second kappa shape index (κ2) is 8.37. The Morgan fingerprint density at radius 2 is 1.71 bits per heavy atom. The fourth-order valence-electron chi connectivity index (χ4n) is 5.26. The Morgan fingerprint density at radius 3 is 2.56 bits per heavy atom. The molecule has 34 heavy (non-hydrogen) atoms. The molecule has 0 saturated carbocycles. The van der Waals surface area contributed by atoms with E-state index in [2.05, 4.69) is 42.6 Å². The van der Waals surface area contributed by atoms with Gasteiger partial charge >= 0.3 is 0 Å². The van der Waals surface area contributed by atoms with Crippen LogP contribution in [-0.2, 0) is 16.6 Å². The zero-order chi connectivity index (χ0) is 23.1. The number of carbonyl (C=O) groups is 1. The van der Waals surface area contributed by atoms with Crippen molar-refractivity contribution in [2.24, 2.45) is 0 Å². The third-order valence-electron chi connectivity index (χ3n) is 7.09. The lowest BCUT2D eigenvalue weighted by Gasteiger charge is -2.23. The molecular formula is C28H28N2O4. The first-order valence-electron chi connectivity index (χ1n) is 11.9. The molecule has 6 nitrogen and oxygen atoms in total. The number of nitrogens with one attached hydrogen (secondary N) is 1. The maximum Gasteiger partial charge on any atom is 0.245 e. The summed E-state index contributed by atoms with van der Waals surface area (Å²) in [5.74, 6) is 2.12. The van der Waals surface area contributed by atoms with Gasteiger partial charge in [0.2, 0.25) is 12.7 Å². The normalized spacial score (nSPS) is 19.4. The van der Waals surface area contributed by atoms with Crippen molar-refractivity contribution in [2.45, 2.75) is 25.2 Å². The molecule has 3 heterocycles. The Bertz CT molecular complexity index is 1240. The monoisotopic (exact) mass is 456 g/mol. The molecule has 0 saturated heterocycles. The van der Waals surface area contributed by atoms with E-state index >= 15 is 0 Å². The largest absolute Gasteiger partial charge is 0.491 e. The van der Waals surface area contributed by atoms with E-state index in [1.807, 2.05) is 35.2 Å². The molecule has 1 spiro atoms. The molecule has 3 aliphatic heterocycles. The first-order chi connectivity index (χ1) is 16.7. The summed E-state index contributed by atoms with van der Waals surface area (Å²) in [7, 11) is 0. The minimum absolute atomic E-state index is 0.0750. The highest BCUT2D eigenvalue weighted by atomic mass is 16.7. The van der Waals surface area contributed by atoms with E-state index in [-0.39, 0.29) is 12.7 Å². The highest BCUT2D eigenvalue weighted by Gasteiger charge is 2.57. The van der Waals surface area contributed by atoms with Crippen molar-refractivity contribution in [3.63, 3.8) is 0 Å². The van der Waals surface area contributed by atoms with Gasteiger partial charge in [0.05, 0.1) is 0 Å². The number of anilines is 1. The van der Waals surface area contributed by atoms with Crippen LogP contribution in [0.5, 0.6) is 17.2 Å². The number of aryl methyl sites for hydroxylation is 1. The highest BCUT2D eigenvalue weighted by molar-refractivity contribution is 6.11. The number of carbonyl (C=O) groups excluding carboxylic acids is 1. The molecule has 0 fully saturated rings. The standard InChI is InChI=1S/C28H28N2O4/c1-19-7-9-20(10-8-19)11-13-29-12-4-14-30-23-6-3-2-5-21(23)28(27(30)31)17-32-24-16-26-25(15-22(24)28)33-18-34-26/h2-3,5-10,15-16,29H,4,11-14,17-18H2,1H3. The number of para-hydroxylation sites is 1. The van der Waals surface area contributed by atoms with Gasteiger partial charge in [-0.25, -0.2) is 0 Å². The lowest BCUT2D eigenvalue weighted by Crippen LogP contribution is -2.43. The van der Waals surface area contributed by atoms with Crippen LogP contribution in [0.1, 0.15) is 28.7 Å². The molecule has 0 radical (unpaired) electrons. The van der Waals surface area contributed by atoms with Gasteiger partial charge in [-0.15, -0.1) is 0 Å². The van der Waals surface area contributed by atoms with Crippen molar-refractivity contribution in [1.29, 1.82) is 0 Å². The highest BCUT2D eigenvalue weighted by Crippen LogP contribution is 2.54. The minimum atomic E-state index is -0.828. The zero-order valence-electron chi connectivity index (χ0n) is 19.3. The summed E-state index contributed by atoms with van der Waals surface area (Å²) in [4.78, 5) is 15.9. The molecule has 6 rings (SSSR count). The van der Waals surface area contributed by atoms with Crippen LogP contribution in [0.15, 0.2) is 60.7 Å². The summed E-state index contributed by atoms with van der Waals surface area (Å²) in [5, 5.41) is 3.52. The van der Waals surface area contributed by atoms with E-state index in [9.17, 15) is 4.79 Å². The van der Waals surface area contributed by atoms with E-state index in [0.29, 0.717) is 30.4 Å². The Morgan fingerprint density at radius 1 is 0.912 bits per heavy atom. The van der Waals surface area contributed by atoms with E-state index in [1.54, 1.807) is 0 Å². The van der Waals surface area contributed by atoms with Gasteiger partial charge in [0.15, 0.2) is 11.5 Å². The van der Waals surface area contributed by atoms with Crippen molar-refractivity contribution in [3.05, 3.63) is 82.9 Å². The van der Waals surface area contributed by atoms with E-state index in [0.717, 1.165) is 42.7 Å². The van der Waals surface area contributed by atoms with E-state index in [1.165, 1.54) is 11.1 Å². The lowest BCUT2D eigenvalue weighted by molar-refractivity contribution is -0.122. The van der Waals surface area contributed by atoms with Gasteiger partial charge in [0.25, 0.3) is 0 Å². The minimum Gasteiger partial charge on any atom is -0.491 e. The van der Waals surface area contributed by atoms with Gasteiger partial charge in [0.1, 0.15) is 17.8 Å². The fourth-order valence-corrected chi connectivity index (χ4v) is 5.26. The molecule has 3 aromatic rings. The summed E-state index contributed by atoms with van der Waals surface area (Å²) in [5.41, 5.74) is 4.64. The van der Waals surface area contributed by atoms with Gasteiger partial charge in [-0.2, -0.15) is 0 Å². The Balaban J connectivity index is 1.16. The van der Waals surface area contributed by atoms with Crippen LogP contribution in [0, 0.1) is 6.92 Å². The fraction of sp³-hybridized carbons (Fsp3) is 0.321. The van der Waals surface area contributed by atoms with Crippen molar-refractivity contribution in [2.75, 3.05) is 37.9 Å². The molecule has 174 valence electrons. The Labute approximate surface area is 199 Å². The quantitative estimate of drug-likeness (QED) is 0.545. The van der Waals surface area contributed by atoms with Gasteiger partial charge in [-0.05, 0) is 56.1 Å². The molecule has 1 amide bonds. The number of ether oxygens (including phenoxy) is 3. The molecular weight excluding hydrogens is 428 g/mol. The molecule has 1 N–H and O–H groups in total. The van der Waals surface area contributed by atoms with Crippen LogP contribution in [-0.4, -0.2) is 38.9 Å². The third-order valence-corrected chi connectivity index (χ3v) is 7.09. The van der Waals surface area contributed by atoms with E-state index in [4.69, 9.17) is 14.2 Å². The second-order valence-corrected chi connectivity index (χ2v) is 9.21.